The topological polar surface area (TPSA) is 53.0 Å². The van der Waals surface area contributed by atoms with Crippen LogP contribution in [0.2, 0.25) is 0 Å². The lowest BCUT2D eigenvalue weighted by atomic mass is 9.97. The van der Waals surface area contributed by atoms with Crippen molar-refractivity contribution in [2.45, 2.75) is 26.3 Å². The van der Waals surface area contributed by atoms with Gasteiger partial charge < -0.3 is 15.0 Å². The number of nitrogens with one attached hydrogen (secondary N) is 1. The molecule has 164 valence electrons. The van der Waals surface area contributed by atoms with Gasteiger partial charge in [0, 0.05) is 32.6 Å². The highest BCUT2D eigenvalue weighted by Crippen LogP contribution is 2.19. The SMILES string of the molecule is CN=C(NCC1CCN(Cc2csc(C)n2)CC1)N(C)CCOc1ccccc1F. The average molecular weight is 434 g/mol. The van der Waals surface area contributed by atoms with E-state index in [1.165, 1.54) is 24.6 Å². The van der Waals surface area contributed by atoms with Gasteiger partial charge in [0.1, 0.15) is 6.61 Å². The number of piperidine rings is 1. The molecule has 1 aromatic heterocycles. The minimum absolute atomic E-state index is 0.286. The minimum atomic E-state index is -0.334. The van der Waals surface area contributed by atoms with Gasteiger partial charge in [0.15, 0.2) is 17.5 Å². The maximum atomic E-state index is 13.6. The van der Waals surface area contributed by atoms with Gasteiger partial charge in [0.25, 0.3) is 0 Å². The summed E-state index contributed by atoms with van der Waals surface area (Å²) in [4.78, 5) is 13.5. The van der Waals surface area contributed by atoms with E-state index in [0.717, 1.165) is 37.1 Å². The molecule has 1 fully saturated rings. The van der Waals surface area contributed by atoms with Crippen LogP contribution in [-0.4, -0.2) is 67.6 Å². The number of likely N-dealkylation sites (N-methyl/N-ethyl adjacent to an activating group) is 1. The summed E-state index contributed by atoms with van der Waals surface area (Å²) in [7, 11) is 3.76. The molecule has 0 amide bonds. The van der Waals surface area contributed by atoms with Gasteiger partial charge in [-0.15, -0.1) is 11.3 Å². The van der Waals surface area contributed by atoms with E-state index in [4.69, 9.17) is 4.74 Å². The Labute approximate surface area is 182 Å². The number of likely N-dealkylation sites (tertiary alicyclic amines) is 1. The second kappa shape index (κ2) is 11.3. The molecule has 3 rings (SSSR count). The number of benzene rings is 1. The Morgan fingerprint density at radius 2 is 2.13 bits per heavy atom. The van der Waals surface area contributed by atoms with Crippen molar-refractivity contribution in [2.24, 2.45) is 10.9 Å². The molecule has 0 unspecified atom stereocenters. The smallest absolute Gasteiger partial charge is 0.193 e. The monoisotopic (exact) mass is 433 g/mol. The van der Waals surface area contributed by atoms with Crippen LogP contribution in [0.25, 0.3) is 0 Å². The molecule has 0 spiro atoms. The predicted molar refractivity (Wildman–Crippen MR) is 121 cm³/mol. The van der Waals surface area contributed by atoms with E-state index in [0.29, 0.717) is 19.1 Å². The zero-order valence-corrected chi connectivity index (χ0v) is 18.9. The van der Waals surface area contributed by atoms with Gasteiger partial charge in [-0.25, -0.2) is 9.37 Å². The number of rotatable bonds is 8. The lowest BCUT2D eigenvalue weighted by molar-refractivity contribution is 0.176. The Bertz CT molecular complexity index is 819. The Morgan fingerprint density at radius 3 is 2.80 bits per heavy atom. The van der Waals surface area contributed by atoms with Gasteiger partial charge >= 0.3 is 0 Å². The molecular formula is C22H32FN5OS. The maximum absolute atomic E-state index is 13.6. The van der Waals surface area contributed by atoms with Gasteiger partial charge in [0.05, 0.1) is 17.2 Å². The van der Waals surface area contributed by atoms with Crippen LogP contribution in [0.1, 0.15) is 23.5 Å². The number of thiazole rings is 1. The van der Waals surface area contributed by atoms with E-state index in [-0.39, 0.29) is 11.6 Å². The summed E-state index contributed by atoms with van der Waals surface area (Å²) in [5.74, 6) is 1.43. The van der Waals surface area contributed by atoms with Crippen molar-refractivity contribution in [1.29, 1.82) is 0 Å². The fraction of sp³-hybridized carbons (Fsp3) is 0.545. The van der Waals surface area contributed by atoms with Crippen LogP contribution < -0.4 is 10.1 Å². The Hall–Kier alpha value is -2.19. The molecule has 0 saturated carbocycles. The minimum Gasteiger partial charge on any atom is -0.489 e. The van der Waals surface area contributed by atoms with Crippen molar-refractivity contribution in [3.63, 3.8) is 0 Å². The van der Waals surface area contributed by atoms with Crippen molar-refractivity contribution in [3.8, 4) is 5.75 Å². The van der Waals surface area contributed by atoms with Crippen molar-refractivity contribution >= 4 is 17.3 Å². The number of guanidine groups is 1. The average Bonchev–Trinajstić information content (AvgIpc) is 3.15. The number of ether oxygens (including phenoxy) is 1. The molecule has 1 N–H and O–H groups in total. The Balaban J connectivity index is 1.35. The van der Waals surface area contributed by atoms with Gasteiger partial charge in [-0.1, -0.05) is 12.1 Å². The highest BCUT2D eigenvalue weighted by Gasteiger charge is 2.20. The summed E-state index contributed by atoms with van der Waals surface area (Å²) in [5.41, 5.74) is 1.19. The summed E-state index contributed by atoms with van der Waals surface area (Å²) in [6, 6.07) is 6.48. The first-order chi connectivity index (χ1) is 14.5. The van der Waals surface area contributed by atoms with Crippen LogP contribution in [0, 0.1) is 18.7 Å². The third-order valence-corrected chi connectivity index (χ3v) is 6.22. The van der Waals surface area contributed by atoms with Crippen LogP contribution in [0.15, 0.2) is 34.6 Å². The Morgan fingerprint density at radius 1 is 1.37 bits per heavy atom. The molecule has 1 aliphatic heterocycles. The second-order valence-electron chi connectivity index (χ2n) is 7.71. The van der Waals surface area contributed by atoms with Crippen LogP contribution in [-0.2, 0) is 6.54 Å². The summed E-state index contributed by atoms with van der Waals surface area (Å²) in [6.07, 6.45) is 2.35. The molecule has 30 heavy (non-hydrogen) atoms. The van der Waals surface area contributed by atoms with Crippen molar-refractivity contribution in [3.05, 3.63) is 46.2 Å². The number of aliphatic imine (C=N–C) groups is 1. The molecule has 0 radical (unpaired) electrons. The van der Waals surface area contributed by atoms with Crippen LogP contribution in [0.3, 0.4) is 0 Å². The number of nitrogens with zero attached hydrogens (tertiary/aromatic N) is 4. The molecule has 8 heteroatoms. The highest BCUT2D eigenvalue weighted by molar-refractivity contribution is 7.09. The molecule has 0 bridgehead atoms. The first-order valence-corrected chi connectivity index (χ1v) is 11.4. The first-order valence-electron chi connectivity index (χ1n) is 10.5. The molecule has 2 aromatic rings. The summed E-state index contributed by atoms with van der Waals surface area (Å²) < 4.78 is 19.2. The number of halogens is 1. The van der Waals surface area contributed by atoms with Crippen molar-refractivity contribution < 1.29 is 9.13 Å². The molecule has 0 atom stereocenters. The number of para-hydroxylation sites is 1. The third-order valence-electron chi connectivity index (χ3n) is 5.40. The van der Waals surface area contributed by atoms with E-state index in [1.54, 1.807) is 36.6 Å². The lowest BCUT2D eigenvalue weighted by Crippen LogP contribution is -2.44. The van der Waals surface area contributed by atoms with Gasteiger partial charge in [-0.2, -0.15) is 0 Å². The van der Waals surface area contributed by atoms with Crippen molar-refractivity contribution in [2.75, 3.05) is 46.9 Å². The molecule has 2 heterocycles. The van der Waals surface area contributed by atoms with Crippen LogP contribution in [0.4, 0.5) is 4.39 Å². The normalized spacial score (nSPS) is 15.9. The van der Waals surface area contributed by atoms with E-state index in [1.807, 2.05) is 11.9 Å². The Kier molecular flexibility index (Phi) is 8.45. The predicted octanol–water partition coefficient (Wildman–Crippen LogP) is 3.39. The summed E-state index contributed by atoms with van der Waals surface area (Å²) in [6.45, 7) is 7.15. The third kappa shape index (κ3) is 6.67. The lowest BCUT2D eigenvalue weighted by Gasteiger charge is -2.32. The van der Waals surface area contributed by atoms with E-state index >= 15 is 0 Å². The van der Waals surface area contributed by atoms with E-state index in [9.17, 15) is 4.39 Å². The van der Waals surface area contributed by atoms with Crippen LogP contribution >= 0.6 is 11.3 Å². The first kappa shape index (κ1) is 22.5. The fourth-order valence-corrected chi connectivity index (χ4v) is 4.24. The number of aryl methyl sites for hydroxylation is 1. The summed E-state index contributed by atoms with van der Waals surface area (Å²) in [5, 5.41) is 6.79. The molecular weight excluding hydrogens is 401 g/mol. The maximum Gasteiger partial charge on any atom is 0.193 e. The van der Waals surface area contributed by atoms with Crippen molar-refractivity contribution in [1.82, 2.24) is 20.1 Å². The molecule has 1 aliphatic rings. The zero-order chi connectivity index (χ0) is 21.3. The van der Waals surface area contributed by atoms with E-state index < -0.39 is 0 Å². The van der Waals surface area contributed by atoms with Gasteiger partial charge in [-0.3, -0.25) is 9.89 Å². The van der Waals surface area contributed by atoms with Crippen LogP contribution in [0.5, 0.6) is 5.75 Å². The standard InChI is InChI=1S/C22H32FN5OS/c1-17-26-19(16-30-17)15-28-10-8-18(9-11-28)14-25-22(24-2)27(3)12-13-29-21-7-5-4-6-20(21)23/h4-7,16,18H,8-15H2,1-3H3,(H,24,25). The number of hydrogen-bond donors (Lipinski definition) is 1. The van der Waals surface area contributed by atoms with E-state index in [2.05, 4.69) is 32.5 Å². The molecule has 1 saturated heterocycles. The number of aromatic nitrogens is 1. The largest absolute Gasteiger partial charge is 0.489 e. The summed E-state index contributed by atoms with van der Waals surface area (Å²) >= 11 is 1.72. The van der Waals surface area contributed by atoms with Gasteiger partial charge in [0.2, 0.25) is 0 Å². The molecule has 1 aromatic carbocycles. The highest BCUT2D eigenvalue weighted by atomic mass is 32.1. The quantitative estimate of drug-likeness (QED) is 0.511. The zero-order valence-electron chi connectivity index (χ0n) is 18.1. The number of hydrogen-bond acceptors (Lipinski definition) is 5. The molecule has 0 aliphatic carbocycles. The molecule has 6 nitrogen and oxygen atoms in total. The van der Waals surface area contributed by atoms with Gasteiger partial charge in [-0.05, 0) is 50.9 Å². The second-order valence-corrected chi connectivity index (χ2v) is 8.77. The fourth-order valence-electron chi connectivity index (χ4n) is 3.64.